The van der Waals surface area contributed by atoms with Crippen molar-refractivity contribution in [3.8, 4) is 10.8 Å². The Morgan fingerprint density at radius 1 is 1.24 bits per heavy atom. The van der Waals surface area contributed by atoms with Gasteiger partial charge in [-0.1, -0.05) is 28.9 Å². The van der Waals surface area contributed by atoms with E-state index in [1.807, 2.05) is 24.4 Å². The van der Waals surface area contributed by atoms with Gasteiger partial charge in [0.15, 0.2) is 0 Å². The molecule has 29 heavy (non-hydrogen) atoms. The van der Waals surface area contributed by atoms with Crippen molar-refractivity contribution in [2.24, 2.45) is 5.92 Å². The first-order chi connectivity index (χ1) is 13.9. The number of hydrogen-bond donors (Lipinski definition) is 1. The van der Waals surface area contributed by atoms with Crippen LogP contribution in [0.15, 0.2) is 51.1 Å². The monoisotopic (exact) mass is 432 g/mol. The third-order valence-corrected chi connectivity index (χ3v) is 7.54. The summed E-state index contributed by atoms with van der Waals surface area (Å²) in [4.78, 5) is 13.7. The number of carbonyl (C=O) groups excluding carboxylic acids is 1. The van der Waals surface area contributed by atoms with Crippen LogP contribution in [-0.2, 0) is 14.8 Å². The van der Waals surface area contributed by atoms with Gasteiger partial charge in [0, 0.05) is 13.1 Å². The van der Waals surface area contributed by atoms with E-state index in [2.05, 4.69) is 15.5 Å². The summed E-state index contributed by atoms with van der Waals surface area (Å²) >= 11 is 1.46. The van der Waals surface area contributed by atoms with E-state index in [0.29, 0.717) is 25.3 Å². The molecule has 2 aromatic heterocycles. The lowest BCUT2D eigenvalue weighted by atomic mass is 9.99. The summed E-state index contributed by atoms with van der Waals surface area (Å²) in [6, 6.07) is 10.4. The zero-order valence-corrected chi connectivity index (χ0v) is 17.4. The SMILES string of the molecule is Cc1ccc(S(=O)(=O)N2CCCC(C(=O)Nc3nnc(-c4cccs4)o3)C2)cc1. The van der Waals surface area contributed by atoms with Crippen molar-refractivity contribution in [3.63, 3.8) is 0 Å². The zero-order chi connectivity index (χ0) is 20.4. The Morgan fingerprint density at radius 2 is 2.03 bits per heavy atom. The number of carbonyl (C=O) groups is 1. The van der Waals surface area contributed by atoms with Gasteiger partial charge < -0.3 is 4.42 Å². The number of benzene rings is 1. The molecule has 3 aromatic rings. The van der Waals surface area contributed by atoms with Crippen LogP contribution < -0.4 is 5.32 Å². The number of amides is 1. The standard InChI is InChI=1S/C19H20N4O4S2/c1-13-6-8-15(9-7-13)29(25,26)23-10-2-4-14(12-23)17(24)20-19-22-21-18(27-19)16-5-3-11-28-16/h3,5-9,11,14H,2,4,10,12H2,1H3,(H,20,22,24). The van der Waals surface area contributed by atoms with Crippen molar-refractivity contribution in [1.82, 2.24) is 14.5 Å². The normalized spacial score (nSPS) is 17.9. The number of piperidine rings is 1. The Bertz CT molecular complexity index is 1090. The van der Waals surface area contributed by atoms with E-state index in [9.17, 15) is 13.2 Å². The van der Waals surface area contributed by atoms with Gasteiger partial charge in [-0.05, 0) is 43.3 Å². The second-order valence-corrected chi connectivity index (χ2v) is 9.78. The molecule has 4 rings (SSSR count). The summed E-state index contributed by atoms with van der Waals surface area (Å²) in [5.74, 6) is -0.473. The highest BCUT2D eigenvalue weighted by molar-refractivity contribution is 7.89. The largest absolute Gasteiger partial charge is 0.402 e. The van der Waals surface area contributed by atoms with Crippen molar-refractivity contribution in [1.29, 1.82) is 0 Å². The first kappa shape index (κ1) is 19.7. The number of aryl methyl sites for hydroxylation is 1. The van der Waals surface area contributed by atoms with Crippen LogP contribution in [0.3, 0.4) is 0 Å². The van der Waals surface area contributed by atoms with Gasteiger partial charge >= 0.3 is 6.01 Å². The third kappa shape index (κ3) is 4.24. The molecule has 3 heterocycles. The quantitative estimate of drug-likeness (QED) is 0.664. The van der Waals surface area contributed by atoms with E-state index in [1.54, 1.807) is 24.3 Å². The Hall–Kier alpha value is -2.56. The molecule has 1 aliphatic rings. The maximum absolute atomic E-state index is 12.9. The second kappa shape index (κ2) is 8.05. The van der Waals surface area contributed by atoms with E-state index in [1.165, 1.54) is 15.6 Å². The Morgan fingerprint density at radius 3 is 2.76 bits per heavy atom. The van der Waals surface area contributed by atoms with Gasteiger partial charge in [-0.3, -0.25) is 10.1 Å². The molecule has 1 saturated heterocycles. The molecule has 1 fully saturated rings. The number of nitrogens with zero attached hydrogens (tertiary/aromatic N) is 3. The van der Waals surface area contributed by atoms with Gasteiger partial charge in [0.05, 0.1) is 15.7 Å². The second-order valence-electron chi connectivity index (χ2n) is 6.89. The molecular weight excluding hydrogens is 412 g/mol. The molecule has 1 N–H and O–H groups in total. The Balaban J connectivity index is 1.44. The fourth-order valence-corrected chi connectivity index (χ4v) is 5.38. The van der Waals surface area contributed by atoms with Gasteiger partial charge in [-0.15, -0.1) is 16.4 Å². The maximum Gasteiger partial charge on any atom is 0.322 e. The van der Waals surface area contributed by atoms with E-state index >= 15 is 0 Å². The maximum atomic E-state index is 12.9. The number of rotatable bonds is 5. The van der Waals surface area contributed by atoms with Crippen molar-refractivity contribution < 1.29 is 17.6 Å². The Kier molecular flexibility index (Phi) is 5.48. The van der Waals surface area contributed by atoms with Crippen LogP contribution >= 0.6 is 11.3 Å². The van der Waals surface area contributed by atoms with Crippen LogP contribution in [0.5, 0.6) is 0 Å². The van der Waals surface area contributed by atoms with Gasteiger partial charge in [0.25, 0.3) is 5.89 Å². The van der Waals surface area contributed by atoms with Crippen molar-refractivity contribution >= 4 is 33.3 Å². The van der Waals surface area contributed by atoms with Crippen molar-refractivity contribution in [3.05, 3.63) is 47.3 Å². The molecule has 0 aliphatic carbocycles. The lowest BCUT2D eigenvalue weighted by Crippen LogP contribution is -2.43. The molecule has 0 bridgehead atoms. The minimum Gasteiger partial charge on any atom is -0.402 e. The average Bonchev–Trinajstić information content (AvgIpc) is 3.40. The first-order valence-electron chi connectivity index (χ1n) is 9.18. The summed E-state index contributed by atoms with van der Waals surface area (Å²) in [5.41, 5.74) is 0.987. The highest BCUT2D eigenvalue weighted by Crippen LogP contribution is 2.27. The summed E-state index contributed by atoms with van der Waals surface area (Å²) in [7, 11) is -3.64. The summed E-state index contributed by atoms with van der Waals surface area (Å²) in [6.07, 6.45) is 1.20. The van der Waals surface area contributed by atoms with Gasteiger partial charge in [0.2, 0.25) is 15.9 Å². The summed E-state index contributed by atoms with van der Waals surface area (Å²) < 4.78 is 32.7. The fraction of sp³-hybridized carbons (Fsp3) is 0.316. The molecule has 1 aliphatic heterocycles. The molecule has 0 radical (unpaired) electrons. The van der Waals surface area contributed by atoms with Crippen molar-refractivity contribution in [2.75, 3.05) is 18.4 Å². The zero-order valence-electron chi connectivity index (χ0n) is 15.7. The minimum atomic E-state index is -3.64. The molecule has 1 unspecified atom stereocenters. The number of hydrogen-bond acceptors (Lipinski definition) is 7. The van der Waals surface area contributed by atoms with E-state index in [-0.39, 0.29) is 23.4 Å². The van der Waals surface area contributed by atoms with Crippen LogP contribution in [0, 0.1) is 12.8 Å². The lowest BCUT2D eigenvalue weighted by Gasteiger charge is -2.30. The van der Waals surface area contributed by atoms with E-state index in [4.69, 9.17) is 4.42 Å². The molecule has 1 amide bonds. The average molecular weight is 433 g/mol. The smallest absolute Gasteiger partial charge is 0.322 e. The number of nitrogens with one attached hydrogen (secondary N) is 1. The predicted molar refractivity (Wildman–Crippen MR) is 109 cm³/mol. The number of thiophene rings is 1. The number of aromatic nitrogens is 2. The number of anilines is 1. The highest BCUT2D eigenvalue weighted by atomic mass is 32.2. The highest BCUT2D eigenvalue weighted by Gasteiger charge is 2.33. The molecule has 0 spiro atoms. The minimum absolute atomic E-state index is 0.0110. The van der Waals surface area contributed by atoms with Crippen LogP contribution in [0.2, 0.25) is 0 Å². The van der Waals surface area contributed by atoms with Crippen LogP contribution in [0.25, 0.3) is 10.8 Å². The topological polar surface area (TPSA) is 105 Å². The predicted octanol–water partition coefficient (Wildman–Crippen LogP) is 3.15. The van der Waals surface area contributed by atoms with Gasteiger partial charge in [0.1, 0.15) is 0 Å². The van der Waals surface area contributed by atoms with Crippen LogP contribution in [0.1, 0.15) is 18.4 Å². The van der Waals surface area contributed by atoms with Gasteiger partial charge in [-0.25, -0.2) is 8.42 Å². The molecular formula is C19H20N4O4S2. The van der Waals surface area contributed by atoms with E-state index in [0.717, 1.165) is 10.4 Å². The number of sulfonamides is 1. The molecule has 1 atom stereocenters. The summed E-state index contributed by atoms with van der Waals surface area (Å²) in [6.45, 7) is 2.41. The van der Waals surface area contributed by atoms with Crippen molar-refractivity contribution in [2.45, 2.75) is 24.7 Å². The lowest BCUT2D eigenvalue weighted by molar-refractivity contribution is -0.121. The third-order valence-electron chi connectivity index (χ3n) is 4.80. The first-order valence-corrected chi connectivity index (χ1v) is 11.5. The van der Waals surface area contributed by atoms with Gasteiger partial charge in [-0.2, -0.15) is 4.31 Å². The Labute approximate surface area is 172 Å². The summed E-state index contributed by atoms with van der Waals surface area (Å²) in [5, 5.41) is 12.3. The van der Waals surface area contributed by atoms with Crippen LogP contribution in [-0.4, -0.2) is 41.9 Å². The fourth-order valence-electron chi connectivity index (χ4n) is 3.22. The molecule has 152 valence electrons. The van der Waals surface area contributed by atoms with E-state index < -0.39 is 15.9 Å². The molecule has 8 nitrogen and oxygen atoms in total. The van der Waals surface area contributed by atoms with Crippen LogP contribution in [0.4, 0.5) is 6.01 Å². The molecule has 10 heteroatoms. The molecule has 1 aromatic carbocycles. The molecule has 0 saturated carbocycles.